The molecule has 0 saturated heterocycles. The molecule has 0 spiro atoms. The summed E-state index contributed by atoms with van der Waals surface area (Å²) in [4.78, 5) is 11.2. The van der Waals surface area contributed by atoms with E-state index in [4.69, 9.17) is 4.74 Å². The topological polar surface area (TPSA) is 62.5 Å². The van der Waals surface area contributed by atoms with Crippen molar-refractivity contribution < 1.29 is 23.4 Å². The number of esters is 1. The van der Waals surface area contributed by atoms with Crippen LogP contribution in [0.2, 0.25) is 0 Å². The van der Waals surface area contributed by atoms with Gasteiger partial charge in [-0.15, -0.1) is 0 Å². The van der Waals surface area contributed by atoms with E-state index >= 15 is 0 Å². The second-order valence-electron chi connectivity index (χ2n) is 5.10. The summed E-state index contributed by atoms with van der Waals surface area (Å²) in [5.41, 5.74) is 1.62. The lowest BCUT2D eigenvalue weighted by atomic mass is 10.1. The molecule has 1 aromatic carbocycles. The van der Waals surface area contributed by atoms with Crippen LogP contribution in [0.4, 0.5) is 4.39 Å². The van der Waals surface area contributed by atoms with Crippen LogP contribution in [0.1, 0.15) is 17.0 Å². The normalized spacial score (nSPS) is 10.8. The van der Waals surface area contributed by atoms with Crippen LogP contribution in [0.3, 0.4) is 0 Å². The maximum Gasteiger partial charge on any atom is 0.330 e. The lowest BCUT2D eigenvalue weighted by Gasteiger charge is -2.11. The van der Waals surface area contributed by atoms with Gasteiger partial charge in [0.05, 0.1) is 13.7 Å². The Bertz CT molecular complexity index is 741. The quantitative estimate of drug-likeness (QED) is 0.353. The molecule has 0 bridgehead atoms. The third kappa shape index (κ3) is 4.55. The van der Waals surface area contributed by atoms with Gasteiger partial charge in [0.25, 0.3) is 5.69 Å². The number of aryl methyl sites for hydroxylation is 1. The molecule has 2 aromatic rings. The minimum Gasteiger partial charge on any atom is -0.618 e. The van der Waals surface area contributed by atoms with Crippen molar-refractivity contribution in [3.05, 3.63) is 70.5 Å². The molecule has 0 saturated carbocycles. The number of aromatic nitrogens is 1. The van der Waals surface area contributed by atoms with Gasteiger partial charge in [0.1, 0.15) is 5.82 Å². The lowest BCUT2D eigenvalue weighted by Crippen LogP contribution is -2.34. The van der Waals surface area contributed by atoms with Gasteiger partial charge >= 0.3 is 5.97 Å². The first-order valence-corrected chi connectivity index (χ1v) is 7.37. The maximum absolute atomic E-state index is 12.9. The molecule has 5 nitrogen and oxygen atoms in total. The lowest BCUT2D eigenvalue weighted by molar-refractivity contribution is -0.614. The van der Waals surface area contributed by atoms with Gasteiger partial charge in [-0.3, -0.25) is 0 Å². The van der Waals surface area contributed by atoms with E-state index in [1.807, 2.05) is 0 Å². The zero-order valence-electron chi connectivity index (χ0n) is 13.5. The molecule has 0 atom stereocenters. The highest BCUT2D eigenvalue weighted by Gasteiger charge is 2.14. The van der Waals surface area contributed by atoms with Crippen LogP contribution in [0.5, 0.6) is 5.75 Å². The Balaban J connectivity index is 2.11. The van der Waals surface area contributed by atoms with E-state index in [2.05, 4.69) is 4.74 Å². The third-order valence-electron chi connectivity index (χ3n) is 3.41. The minimum atomic E-state index is -0.561. The zero-order chi connectivity index (χ0) is 17.5. The van der Waals surface area contributed by atoms with Crippen LogP contribution < -0.4 is 9.47 Å². The highest BCUT2D eigenvalue weighted by atomic mass is 19.1. The SMILES string of the molecule is COC(=O)/C=C/c1c(OCCc2ccc(F)cc2)ccc(C)[n+]1[O-]. The van der Waals surface area contributed by atoms with Crippen molar-refractivity contribution in [2.45, 2.75) is 13.3 Å². The number of nitrogens with zero attached hydrogens (tertiary/aromatic N) is 1. The Morgan fingerprint density at radius 3 is 2.62 bits per heavy atom. The number of carbonyl (C=O) groups is 1. The van der Waals surface area contributed by atoms with Crippen LogP contribution >= 0.6 is 0 Å². The van der Waals surface area contributed by atoms with Crippen molar-refractivity contribution in [3.8, 4) is 5.75 Å². The summed E-state index contributed by atoms with van der Waals surface area (Å²) in [6, 6.07) is 9.44. The maximum atomic E-state index is 12.9. The molecule has 0 aliphatic heterocycles. The van der Waals surface area contributed by atoms with Crippen LogP contribution in [0, 0.1) is 17.9 Å². The third-order valence-corrected chi connectivity index (χ3v) is 3.41. The van der Waals surface area contributed by atoms with Crippen molar-refractivity contribution in [3.63, 3.8) is 0 Å². The van der Waals surface area contributed by atoms with Crippen LogP contribution in [-0.2, 0) is 16.0 Å². The van der Waals surface area contributed by atoms with Gasteiger partial charge in [-0.2, -0.15) is 4.73 Å². The van der Waals surface area contributed by atoms with Crippen molar-refractivity contribution in [2.75, 3.05) is 13.7 Å². The molecule has 1 aromatic heterocycles. The van der Waals surface area contributed by atoms with Gasteiger partial charge in [0, 0.05) is 31.6 Å². The Morgan fingerprint density at radius 1 is 1.25 bits per heavy atom. The smallest absolute Gasteiger partial charge is 0.330 e. The molecule has 0 aliphatic rings. The number of ether oxygens (including phenoxy) is 2. The second kappa shape index (κ2) is 8.10. The number of pyridine rings is 1. The summed E-state index contributed by atoms with van der Waals surface area (Å²) in [6.07, 6.45) is 3.09. The fourth-order valence-electron chi connectivity index (χ4n) is 2.06. The summed E-state index contributed by atoms with van der Waals surface area (Å²) in [5.74, 6) is -0.493. The highest BCUT2D eigenvalue weighted by Crippen LogP contribution is 2.17. The Hall–Kier alpha value is -2.89. The van der Waals surface area contributed by atoms with E-state index in [1.54, 1.807) is 31.2 Å². The predicted octanol–water partition coefficient (Wildman–Crippen LogP) is 2.58. The number of hydrogen-bond acceptors (Lipinski definition) is 4. The molecule has 126 valence electrons. The van der Waals surface area contributed by atoms with Gasteiger partial charge in [-0.05, 0) is 23.8 Å². The molecule has 0 N–H and O–H groups in total. The number of halogens is 1. The molecule has 1 heterocycles. The van der Waals surface area contributed by atoms with Crippen molar-refractivity contribution in [2.24, 2.45) is 0 Å². The largest absolute Gasteiger partial charge is 0.618 e. The standard InChI is InChI=1S/C18H18FNO4/c1-13-3-9-17(16(20(13)22)8-10-18(21)23-2)24-12-11-14-4-6-15(19)7-5-14/h3-10H,11-12H2,1-2H3/b10-8+. The molecule has 6 heteroatoms. The molecule has 24 heavy (non-hydrogen) atoms. The van der Waals surface area contributed by atoms with Gasteiger partial charge in [0.15, 0.2) is 11.4 Å². The fourth-order valence-corrected chi connectivity index (χ4v) is 2.06. The van der Waals surface area contributed by atoms with Gasteiger partial charge in [-0.1, -0.05) is 12.1 Å². The van der Waals surface area contributed by atoms with E-state index in [1.165, 1.54) is 25.3 Å². The molecule has 0 amide bonds. The van der Waals surface area contributed by atoms with E-state index in [9.17, 15) is 14.4 Å². The number of hydrogen-bond donors (Lipinski definition) is 0. The molecular weight excluding hydrogens is 313 g/mol. The van der Waals surface area contributed by atoms with Crippen molar-refractivity contribution in [1.29, 1.82) is 0 Å². The molecule has 0 unspecified atom stereocenters. The van der Waals surface area contributed by atoms with E-state index < -0.39 is 5.97 Å². The molecule has 2 rings (SSSR count). The fraction of sp³-hybridized carbons (Fsp3) is 0.222. The number of benzene rings is 1. The number of methoxy groups -OCH3 is 1. The first-order valence-electron chi connectivity index (χ1n) is 7.37. The van der Waals surface area contributed by atoms with E-state index in [0.29, 0.717) is 29.2 Å². The second-order valence-corrected chi connectivity index (χ2v) is 5.10. The monoisotopic (exact) mass is 331 g/mol. The van der Waals surface area contributed by atoms with Crippen LogP contribution in [0.25, 0.3) is 6.08 Å². The summed E-state index contributed by atoms with van der Waals surface area (Å²) in [6.45, 7) is 1.97. The Morgan fingerprint density at radius 2 is 1.96 bits per heavy atom. The molecular formula is C18H18FNO4. The molecule has 0 aliphatic carbocycles. The molecule has 0 fully saturated rings. The van der Waals surface area contributed by atoms with Crippen LogP contribution in [0.15, 0.2) is 42.5 Å². The van der Waals surface area contributed by atoms with Crippen molar-refractivity contribution in [1.82, 2.24) is 0 Å². The first kappa shape index (κ1) is 17.5. The van der Waals surface area contributed by atoms with E-state index in [0.717, 1.165) is 11.6 Å². The first-order chi connectivity index (χ1) is 11.5. The van der Waals surface area contributed by atoms with Gasteiger partial charge in [0.2, 0.25) is 0 Å². The van der Waals surface area contributed by atoms with Crippen molar-refractivity contribution >= 4 is 12.0 Å². The van der Waals surface area contributed by atoms with Gasteiger partial charge in [-0.25, -0.2) is 9.18 Å². The Kier molecular flexibility index (Phi) is 5.89. The summed E-state index contributed by atoms with van der Waals surface area (Å²) in [7, 11) is 1.26. The summed E-state index contributed by atoms with van der Waals surface area (Å²) in [5, 5.41) is 12.2. The van der Waals surface area contributed by atoms with Crippen LogP contribution in [-0.4, -0.2) is 19.7 Å². The summed E-state index contributed by atoms with van der Waals surface area (Å²) < 4.78 is 23.7. The highest BCUT2D eigenvalue weighted by molar-refractivity contribution is 5.86. The van der Waals surface area contributed by atoms with Gasteiger partial charge < -0.3 is 14.7 Å². The number of carbonyl (C=O) groups excluding carboxylic acids is 1. The zero-order valence-corrected chi connectivity index (χ0v) is 13.5. The molecule has 0 radical (unpaired) electrons. The predicted molar refractivity (Wildman–Crippen MR) is 86.8 cm³/mol. The Labute approximate surface area is 139 Å². The summed E-state index contributed by atoms with van der Waals surface area (Å²) >= 11 is 0. The number of rotatable bonds is 6. The minimum absolute atomic E-state index is 0.222. The van der Waals surface area contributed by atoms with E-state index in [-0.39, 0.29) is 11.5 Å². The average Bonchev–Trinajstić information content (AvgIpc) is 2.58. The average molecular weight is 331 g/mol.